The lowest BCUT2D eigenvalue weighted by molar-refractivity contribution is 0.0981. The monoisotopic (exact) mass is 562 g/mol. The van der Waals surface area contributed by atoms with E-state index < -0.39 is 0 Å². The Kier molecular flexibility index (Phi) is 6.77. The summed E-state index contributed by atoms with van der Waals surface area (Å²) < 4.78 is 0. The fourth-order valence-corrected chi connectivity index (χ4v) is 5.38. The Bertz CT molecular complexity index is 1940. The topological polar surface area (TPSA) is 104 Å². The van der Waals surface area contributed by atoms with Crippen LogP contribution in [0.2, 0.25) is 0 Å². The molecule has 43 heavy (non-hydrogen) atoms. The predicted molar refractivity (Wildman–Crippen MR) is 167 cm³/mol. The molecule has 0 saturated carbocycles. The van der Waals surface area contributed by atoms with Crippen LogP contribution in [0.25, 0.3) is 33.9 Å². The lowest BCUT2D eigenvalue weighted by Gasteiger charge is -2.22. The number of carbonyl (C=O) groups excluding carboxylic acids is 2. The first-order chi connectivity index (χ1) is 21.2. The summed E-state index contributed by atoms with van der Waals surface area (Å²) in [7, 11) is 0. The number of amides is 2. The third-order valence-electron chi connectivity index (χ3n) is 7.46. The Labute approximate surface area is 248 Å². The molecule has 0 saturated heterocycles. The van der Waals surface area contributed by atoms with Crippen LogP contribution in [0.1, 0.15) is 26.5 Å². The number of hydrogen-bond donors (Lipinski definition) is 2. The largest absolute Gasteiger partial charge is 0.340 e. The van der Waals surface area contributed by atoms with Crippen LogP contribution in [0.5, 0.6) is 0 Å². The summed E-state index contributed by atoms with van der Waals surface area (Å²) in [6, 6.07) is 34.1. The number of nitrogens with zero attached hydrogens (tertiary/aromatic N) is 4. The quantitative estimate of drug-likeness (QED) is 0.245. The molecule has 0 spiro atoms. The van der Waals surface area contributed by atoms with E-state index in [0.717, 1.165) is 39.5 Å². The van der Waals surface area contributed by atoms with Crippen molar-refractivity contribution < 1.29 is 9.59 Å². The zero-order chi connectivity index (χ0) is 29.2. The van der Waals surface area contributed by atoms with Gasteiger partial charge in [0.15, 0.2) is 5.82 Å². The maximum Gasteiger partial charge on any atom is 0.276 e. The normalized spacial score (nSPS) is 12.1. The third-order valence-corrected chi connectivity index (χ3v) is 7.46. The highest BCUT2D eigenvalue weighted by Gasteiger charge is 2.28. The number of aromatic nitrogens is 4. The van der Waals surface area contributed by atoms with Crippen LogP contribution in [0.15, 0.2) is 122 Å². The van der Waals surface area contributed by atoms with Gasteiger partial charge >= 0.3 is 0 Å². The lowest BCUT2D eigenvalue weighted by atomic mass is 9.99. The first-order valence-corrected chi connectivity index (χ1v) is 14.0. The minimum Gasteiger partial charge on any atom is -0.340 e. The number of benzene rings is 3. The van der Waals surface area contributed by atoms with Crippen molar-refractivity contribution in [2.75, 3.05) is 16.8 Å². The smallest absolute Gasteiger partial charge is 0.276 e. The highest BCUT2D eigenvalue weighted by Crippen LogP contribution is 2.37. The maximum absolute atomic E-state index is 13.8. The van der Waals surface area contributed by atoms with Crippen molar-refractivity contribution in [3.63, 3.8) is 0 Å². The van der Waals surface area contributed by atoms with Gasteiger partial charge in [0.05, 0.1) is 23.3 Å². The minimum absolute atomic E-state index is 0.227. The molecule has 0 radical (unpaired) electrons. The van der Waals surface area contributed by atoms with Gasteiger partial charge in [-0.05, 0) is 47.5 Å². The van der Waals surface area contributed by atoms with E-state index in [1.807, 2.05) is 91.0 Å². The van der Waals surface area contributed by atoms with Crippen molar-refractivity contribution in [1.29, 1.82) is 0 Å². The molecular weight excluding hydrogens is 536 g/mol. The summed E-state index contributed by atoms with van der Waals surface area (Å²) in [6.45, 7) is 0.448. The molecule has 8 heteroatoms. The number of pyridine rings is 2. The van der Waals surface area contributed by atoms with Crippen LogP contribution in [0.4, 0.5) is 11.4 Å². The minimum atomic E-state index is -0.250. The summed E-state index contributed by atoms with van der Waals surface area (Å²) in [5.74, 6) is 0.223. The second kappa shape index (κ2) is 11.2. The van der Waals surface area contributed by atoms with Gasteiger partial charge in [-0.3, -0.25) is 14.6 Å². The second-order valence-corrected chi connectivity index (χ2v) is 10.1. The molecule has 1 aliphatic rings. The number of hydrogen-bond acceptors (Lipinski definition) is 5. The van der Waals surface area contributed by atoms with E-state index in [2.05, 4.69) is 20.3 Å². The van der Waals surface area contributed by atoms with Gasteiger partial charge in [-0.1, -0.05) is 72.8 Å². The second-order valence-electron chi connectivity index (χ2n) is 10.1. The number of para-hydroxylation sites is 1. The van der Waals surface area contributed by atoms with E-state index in [1.54, 1.807) is 29.3 Å². The van der Waals surface area contributed by atoms with E-state index >= 15 is 0 Å². The van der Waals surface area contributed by atoms with Crippen LogP contribution in [0, 0.1) is 0 Å². The number of carbonyl (C=O) groups is 2. The summed E-state index contributed by atoms with van der Waals surface area (Å²) in [5.41, 5.74) is 7.29. The molecule has 208 valence electrons. The van der Waals surface area contributed by atoms with Crippen LogP contribution < -0.4 is 10.2 Å². The molecule has 0 bridgehead atoms. The van der Waals surface area contributed by atoms with Gasteiger partial charge in [-0.25, -0.2) is 9.97 Å². The standard InChI is InChI=1S/C35H26N6O2/c42-34(26-13-5-4-12-25(26)23-10-2-1-3-11-23)38-24-17-18-30(37-22-24)35(43)41-21-19-28-32(27-14-6-7-16-31(27)41)40-33(39-28)29-15-8-9-20-36-29/h1-18,20,22H,19,21H2,(H,38,42)(H,39,40). The molecule has 2 amide bonds. The zero-order valence-corrected chi connectivity index (χ0v) is 23.1. The van der Waals surface area contributed by atoms with Crippen molar-refractivity contribution in [3.05, 3.63) is 139 Å². The highest BCUT2D eigenvalue weighted by atomic mass is 16.2. The van der Waals surface area contributed by atoms with Crippen LogP contribution in [0.3, 0.4) is 0 Å². The molecule has 3 aromatic heterocycles. The zero-order valence-electron chi connectivity index (χ0n) is 23.1. The molecule has 8 nitrogen and oxygen atoms in total. The molecular formula is C35H26N6O2. The number of nitrogens with one attached hydrogen (secondary N) is 2. The first kappa shape index (κ1) is 26.0. The van der Waals surface area contributed by atoms with E-state index in [-0.39, 0.29) is 17.5 Å². The van der Waals surface area contributed by atoms with Gasteiger partial charge in [0, 0.05) is 36.0 Å². The molecule has 1 aliphatic heterocycles. The van der Waals surface area contributed by atoms with Crippen molar-refractivity contribution in [1.82, 2.24) is 19.9 Å². The molecule has 0 aliphatic carbocycles. The summed E-state index contributed by atoms with van der Waals surface area (Å²) >= 11 is 0. The molecule has 0 atom stereocenters. The fraction of sp³-hybridized carbons (Fsp3) is 0.0571. The van der Waals surface area contributed by atoms with Gasteiger partial charge in [-0.15, -0.1) is 0 Å². The Morgan fingerprint density at radius 1 is 0.767 bits per heavy atom. The van der Waals surface area contributed by atoms with Crippen LogP contribution in [-0.4, -0.2) is 38.3 Å². The van der Waals surface area contributed by atoms with E-state index in [4.69, 9.17) is 4.98 Å². The van der Waals surface area contributed by atoms with Crippen molar-refractivity contribution in [3.8, 4) is 33.9 Å². The van der Waals surface area contributed by atoms with Crippen molar-refractivity contribution in [2.24, 2.45) is 0 Å². The Morgan fingerprint density at radius 2 is 1.53 bits per heavy atom. The van der Waals surface area contributed by atoms with Crippen molar-refractivity contribution in [2.45, 2.75) is 6.42 Å². The molecule has 0 unspecified atom stereocenters. The Balaban J connectivity index is 1.12. The third kappa shape index (κ3) is 5.06. The SMILES string of the molecule is O=C(Nc1ccc(C(=O)N2CCc3[nH]c(-c4ccccn4)nc3-c3ccccc32)nc1)c1ccccc1-c1ccccc1. The van der Waals surface area contributed by atoms with Gasteiger partial charge in [0.1, 0.15) is 11.4 Å². The molecule has 6 aromatic rings. The lowest BCUT2D eigenvalue weighted by Crippen LogP contribution is -2.33. The van der Waals surface area contributed by atoms with E-state index in [9.17, 15) is 9.59 Å². The van der Waals surface area contributed by atoms with Crippen molar-refractivity contribution >= 4 is 23.2 Å². The number of anilines is 2. The van der Waals surface area contributed by atoms with Gasteiger partial charge < -0.3 is 15.2 Å². The summed E-state index contributed by atoms with van der Waals surface area (Å²) in [6.07, 6.45) is 3.85. The Morgan fingerprint density at radius 3 is 2.33 bits per heavy atom. The average Bonchev–Trinajstić information content (AvgIpc) is 3.44. The first-order valence-electron chi connectivity index (χ1n) is 14.0. The average molecular weight is 563 g/mol. The fourth-order valence-electron chi connectivity index (χ4n) is 5.38. The molecule has 2 N–H and O–H groups in total. The molecule has 0 fully saturated rings. The van der Waals surface area contributed by atoms with E-state index in [1.165, 1.54) is 6.20 Å². The number of fused-ring (bicyclic) bond motifs is 3. The van der Waals surface area contributed by atoms with Crippen LogP contribution in [-0.2, 0) is 6.42 Å². The van der Waals surface area contributed by atoms with Gasteiger partial charge in [-0.2, -0.15) is 0 Å². The predicted octanol–water partition coefficient (Wildman–Crippen LogP) is 6.66. The molecule has 4 heterocycles. The molecule has 3 aromatic carbocycles. The van der Waals surface area contributed by atoms with Gasteiger partial charge in [0.2, 0.25) is 0 Å². The highest BCUT2D eigenvalue weighted by molar-refractivity contribution is 6.09. The summed E-state index contributed by atoms with van der Waals surface area (Å²) in [5, 5.41) is 2.92. The van der Waals surface area contributed by atoms with Crippen LogP contribution >= 0.6 is 0 Å². The number of aromatic amines is 1. The summed E-state index contributed by atoms with van der Waals surface area (Å²) in [4.78, 5) is 45.9. The van der Waals surface area contributed by atoms with Gasteiger partial charge in [0.25, 0.3) is 11.8 Å². The Hall–Kier alpha value is -5.89. The maximum atomic E-state index is 13.8. The number of rotatable bonds is 5. The molecule has 7 rings (SSSR count). The number of imidazole rings is 1. The van der Waals surface area contributed by atoms with E-state index in [0.29, 0.717) is 30.0 Å². The number of H-pyrrole nitrogens is 1.